The molecule has 5 aliphatic carbocycles. The highest BCUT2D eigenvalue weighted by Crippen LogP contribution is 2.60. The van der Waals surface area contributed by atoms with Gasteiger partial charge in [0.15, 0.2) is 0 Å². The molecule has 140 valence electrons. The second-order valence-corrected chi connectivity index (χ2v) is 9.92. The number of rotatable bonds is 6. The lowest BCUT2D eigenvalue weighted by Crippen LogP contribution is -2.48. The molecule has 0 N–H and O–H groups in total. The van der Waals surface area contributed by atoms with Gasteiger partial charge in [0.2, 0.25) is 0 Å². The van der Waals surface area contributed by atoms with Gasteiger partial charge in [-0.15, -0.1) is 0 Å². The molecule has 5 rings (SSSR count). The maximum atomic E-state index is 12.5. The lowest BCUT2D eigenvalue weighted by atomic mass is 9.50. The molecular formula is C22H34O3. The molecule has 0 aromatic heterocycles. The number of hydrogen-bond donors (Lipinski definition) is 0. The number of carbonyl (C=O) groups excluding carboxylic acids is 2. The predicted molar refractivity (Wildman–Crippen MR) is 96.9 cm³/mol. The van der Waals surface area contributed by atoms with E-state index in [4.69, 9.17) is 4.74 Å². The van der Waals surface area contributed by atoms with E-state index in [1.165, 1.54) is 57.8 Å². The van der Waals surface area contributed by atoms with Gasteiger partial charge in [-0.1, -0.05) is 32.1 Å². The Morgan fingerprint density at radius 2 is 1.52 bits per heavy atom. The third kappa shape index (κ3) is 3.80. The van der Waals surface area contributed by atoms with E-state index >= 15 is 0 Å². The molecule has 0 spiro atoms. The van der Waals surface area contributed by atoms with Gasteiger partial charge in [-0.2, -0.15) is 0 Å². The molecule has 4 bridgehead atoms. The summed E-state index contributed by atoms with van der Waals surface area (Å²) in [6, 6.07) is 0. The minimum absolute atomic E-state index is 0.0995. The van der Waals surface area contributed by atoms with Crippen molar-refractivity contribution in [2.24, 2.45) is 35.0 Å². The van der Waals surface area contributed by atoms with E-state index in [-0.39, 0.29) is 17.2 Å². The molecule has 0 aliphatic heterocycles. The van der Waals surface area contributed by atoms with Gasteiger partial charge in [0.1, 0.15) is 11.7 Å². The van der Waals surface area contributed by atoms with Crippen molar-refractivity contribution in [1.29, 1.82) is 0 Å². The highest BCUT2D eigenvalue weighted by molar-refractivity contribution is 5.98. The van der Waals surface area contributed by atoms with Crippen molar-refractivity contribution in [2.45, 2.75) is 84.0 Å². The van der Waals surface area contributed by atoms with Gasteiger partial charge in [-0.25, -0.2) is 0 Å². The van der Waals surface area contributed by atoms with Crippen LogP contribution in [0.1, 0.15) is 84.0 Å². The van der Waals surface area contributed by atoms with E-state index in [9.17, 15) is 9.59 Å². The molecule has 3 nitrogen and oxygen atoms in total. The first-order chi connectivity index (χ1) is 12.0. The SMILES string of the molecule is CC(C(=O)CC1CCCCC1)C(=O)OCC12CC3CC(CC(C3)C1)C2. The Morgan fingerprint density at radius 1 is 0.960 bits per heavy atom. The quantitative estimate of drug-likeness (QED) is 0.506. The lowest BCUT2D eigenvalue weighted by molar-refractivity contribution is -0.161. The summed E-state index contributed by atoms with van der Waals surface area (Å²) in [6.07, 6.45) is 14.6. The summed E-state index contributed by atoms with van der Waals surface area (Å²) in [4.78, 5) is 25.0. The Labute approximate surface area is 152 Å². The van der Waals surface area contributed by atoms with E-state index in [0.717, 1.165) is 30.6 Å². The molecule has 0 aromatic rings. The Morgan fingerprint density at radius 3 is 2.08 bits per heavy atom. The van der Waals surface area contributed by atoms with E-state index in [0.29, 0.717) is 18.9 Å². The van der Waals surface area contributed by atoms with Crippen molar-refractivity contribution in [3.63, 3.8) is 0 Å². The smallest absolute Gasteiger partial charge is 0.316 e. The number of Topliss-reactive ketones (excluding diaryl/α,β-unsaturated/α-hetero) is 1. The third-order valence-electron chi connectivity index (χ3n) is 7.74. The lowest BCUT2D eigenvalue weighted by Gasteiger charge is -2.56. The van der Waals surface area contributed by atoms with E-state index < -0.39 is 5.92 Å². The van der Waals surface area contributed by atoms with Crippen molar-refractivity contribution in [1.82, 2.24) is 0 Å². The summed E-state index contributed by atoms with van der Waals surface area (Å²) in [6.45, 7) is 2.32. The fraction of sp³-hybridized carbons (Fsp3) is 0.909. The zero-order valence-corrected chi connectivity index (χ0v) is 15.8. The highest BCUT2D eigenvalue weighted by Gasteiger charge is 2.51. The molecule has 0 radical (unpaired) electrons. The van der Waals surface area contributed by atoms with E-state index in [2.05, 4.69) is 0 Å². The Bertz CT molecular complexity index is 482. The Hall–Kier alpha value is -0.860. The molecule has 5 aliphatic rings. The minimum Gasteiger partial charge on any atom is -0.465 e. The summed E-state index contributed by atoms with van der Waals surface area (Å²) < 4.78 is 5.74. The number of ether oxygens (including phenoxy) is 1. The van der Waals surface area contributed by atoms with Crippen LogP contribution in [0.2, 0.25) is 0 Å². The van der Waals surface area contributed by atoms with Crippen LogP contribution in [-0.4, -0.2) is 18.4 Å². The fourth-order valence-corrected chi connectivity index (χ4v) is 6.80. The maximum Gasteiger partial charge on any atom is 0.316 e. The van der Waals surface area contributed by atoms with Gasteiger partial charge >= 0.3 is 5.97 Å². The number of carbonyl (C=O) groups is 2. The maximum absolute atomic E-state index is 12.5. The number of esters is 1. The van der Waals surface area contributed by atoms with Gasteiger partial charge in [0.25, 0.3) is 0 Å². The molecule has 1 unspecified atom stereocenters. The first-order valence-corrected chi connectivity index (χ1v) is 10.7. The van der Waals surface area contributed by atoms with Gasteiger partial charge in [0, 0.05) is 11.8 Å². The van der Waals surface area contributed by atoms with Crippen LogP contribution < -0.4 is 0 Å². The topological polar surface area (TPSA) is 43.4 Å². The fourth-order valence-electron chi connectivity index (χ4n) is 6.80. The second kappa shape index (κ2) is 7.04. The molecule has 1 atom stereocenters. The highest BCUT2D eigenvalue weighted by atomic mass is 16.5. The average molecular weight is 347 g/mol. The first kappa shape index (κ1) is 17.5. The molecule has 0 saturated heterocycles. The summed E-state index contributed by atoms with van der Waals surface area (Å²) >= 11 is 0. The molecular weight excluding hydrogens is 312 g/mol. The van der Waals surface area contributed by atoms with Crippen LogP contribution >= 0.6 is 0 Å². The normalized spacial score (nSPS) is 38.5. The Balaban J connectivity index is 1.27. The van der Waals surface area contributed by atoms with Gasteiger partial charge in [-0.05, 0) is 69.1 Å². The number of ketones is 1. The molecule has 25 heavy (non-hydrogen) atoms. The third-order valence-corrected chi connectivity index (χ3v) is 7.74. The van der Waals surface area contributed by atoms with Crippen molar-refractivity contribution >= 4 is 11.8 Å². The molecule has 5 saturated carbocycles. The van der Waals surface area contributed by atoms with Crippen molar-refractivity contribution < 1.29 is 14.3 Å². The van der Waals surface area contributed by atoms with Crippen molar-refractivity contribution in [3.8, 4) is 0 Å². The molecule has 0 heterocycles. The first-order valence-electron chi connectivity index (χ1n) is 10.7. The van der Waals surface area contributed by atoms with E-state index in [1.807, 2.05) is 0 Å². The molecule has 5 fully saturated rings. The van der Waals surface area contributed by atoms with Crippen LogP contribution in [0.4, 0.5) is 0 Å². The van der Waals surface area contributed by atoms with Crippen LogP contribution in [0.3, 0.4) is 0 Å². The van der Waals surface area contributed by atoms with Crippen LogP contribution in [0.15, 0.2) is 0 Å². The summed E-state index contributed by atoms with van der Waals surface area (Å²) in [7, 11) is 0. The van der Waals surface area contributed by atoms with Crippen molar-refractivity contribution in [3.05, 3.63) is 0 Å². The van der Waals surface area contributed by atoms with E-state index in [1.54, 1.807) is 6.92 Å². The van der Waals surface area contributed by atoms with Gasteiger partial charge in [0.05, 0.1) is 6.61 Å². The molecule has 0 amide bonds. The van der Waals surface area contributed by atoms with Crippen LogP contribution in [0, 0.1) is 35.0 Å². The number of hydrogen-bond acceptors (Lipinski definition) is 3. The molecule has 0 aromatic carbocycles. The van der Waals surface area contributed by atoms with Crippen LogP contribution in [0.25, 0.3) is 0 Å². The second-order valence-electron chi connectivity index (χ2n) is 9.92. The molecule has 3 heteroatoms. The largest absolute Gasteiger partial charge is 0.465 e. The van der Waals surface area contributed by atoms with Gasteiger partial charge < -0.3 is 4.74 Å². The Kier molecular flexibility index (Phi) is 4.94. The van der Waals surface area contributed by atoms with Crippen LogP contribution in [0.5, 0.6) is 0 Å². The zero-order chi connectivity index (χ0) is 17.4. The minimum atomic E-state index is -0.573. The monoisotopic (exact) mass is 346 g/mol. The van der Waals surface area contributed by atoms with Crippen molar-refractivity contribution in [2.75, 3.05) is 6.61 Å². The zero-order valence-electron chi connectivity index (χ0n) is 15.8. The van der Waals surface area contributed by atoms with Crippen LogP contribution in [-0.2, 0) is 14.3 Å². The summed E-state index contributed by atoms with van der Waals surface area (Å²) in [5, 5.41) is 0. The summed E-state index contributed by atoms with van der Waals surface area (Å²) in [5.74, 6) is 2.37. The van der Waals surface area contributed by atoms with Gasteiger partial charge in [-0.3, -0.25) is 9.59 Å². The average Bonchev–Trinajstić information content (AvgIpc) is 2.59. The predicted octanol–water partition coefficient (Wildman–Crippen LogP) is 4.92. The standard InChI is InChI=1S/C22H34O3/c1-15(20(23)10-16-5-3-2-4-6-16)21(24)25-14-22-11-17-7-18(12-22)9-19(8-17)13-22/h15-19H,2-14H2,1H3. The summed E-state index contributed by atoms with van der Waals surface area (Å²) in [5.41, 5.74) is 0.247.